The van der Waals surface area contributed by atoms with Crippen molar-refractivity contribution in [2.45, 2.75) is 6.36 Å². The Morgan fingerprint density at radius 1 is 0.969 bits per heavy atom. The van der Waals surface area contributed by atoms with Gasteiger partial charge >= 0.3 is 6.36 Å². The molecule has 1 N–H and O–H groups in total. The van der Waals surface area contributed by atoms with Gasteiger partial charge in [0.15, 0.2) is 0 Å². The minimum atomic E-state index is -4.77. The van der Waals surface area contributed by atoms with Gasteiger partial charge in [-0.05, 0) is 48.5 Å². The second kappa shape index (κ2) is 9.82. The lowest BCUT2D eigenvalue weighted by molar-refractivity contribution is -0.274. The van der Waals surface area contributed by atoms with Crippen molar-refractivity contribution in [3.63, 3.8) is 0 Å². The Bertz CT molecular complexity index is 1090. The van der Waals surface area contributed by atoms with Gasteiger partial charge in [0, 0.05) is 17.2 Å². The van der Waals surface area contributed by atoms with E-state index in [1.165, 1.54) is 50.8 Å². The summed E-state index contributed by atoms with van der Waals surface area (Å²) < 4.78 is 51.1. The van der Waals surface area contributed by atoms with Crippen molar-refractivity contribution in [3.05, 3.63) is 71.9 Å². The first-order valence-corrected chi connectivity index (χ1v) is 9.17. The van der Waals surface area contributed by atoms with Crippen LogP contribution in [0.25, 0.3) is 11.3 Å². The van der Waals surface area contributed by atoms with Crippen molar-refractivity contribution in [2.24, 2.45) is 5.10 Å². The Labute approximate surface area is 181 Å². The Morgan fingerprint density at radius 3 is 2.22 bits per heavy atom. The molecule has 2 aromatic carbocycles. The summed E-state index contributed by atoms with van der Waals surface area (Å²) in [6, 6.07) is 15.0. The second-order valence-electron chi connectivity index (χ2n) is 6.33. The first kappa shape index (κ1) is 22.6. The molecule has 0 aliphatic heterocycles. The lowest BCUT2D eigenvalue weighted by atomic mass is 10.1. The number of benzene rings is 2. The number of amides is 1. The third kappa shape index (κ3) is 6.21. The quantitative estimate of drug-likeness (QED) is 0.430. The molecule has 7 nitrogen and oxygen atoms in total. The number of aromatic nitrogens is 1. The van der Waals surface area contributed by atoms with Gasteiger partial charge in [-0.3, -0.25) is 4.79 Å². The van der Waals surface area contributed by atoms with Crippen molar-refractivity contribution in [3.8, 4) is 28.5 Å². The highest BCUT2D eigenvalue weighted by Gasteiger charge is 2.31. The zero-order valence-corrected chi connectivity index (χ0v) is 17.0. The van der Waals surface area contributed by atoms with Crippen LogP contribution in [0.4, 0.5) is 13.2 Å². The number of ether oxygens (including phenoxy) is 3. The Balaban J connectivity index is 1.70. The van der Waals surface area contributed by atoms with Crippen LogP contribution in [0, 0.1) is 0 Å². The molecule has 10 heteroatoms. The van der Waals surface area contributed by atoms with E-state index in [0.717, 1.165) is 0 Å². The van der Waals surface area contributed by atoms with E-state index in [0.29, 0.717) is 28.3 Å². The minimum absolute atomic E-state index is 0.0819. The minimum Gasteiger partial charge on any atom is -0.497 e. The smallest absolute Gasteiger partial charge is 0.497 e. The number of alkyl halides is 3. The first-order chi connectivity index (χ1) is 15.3. The van der Waals surface area contributed by atoms with Crippen LogP contribution in [0.2, 0.25) is 0 Å². The molecule has 3 rings (SSSR count). The summed E-state index contributed by atoms with van der Waals surface area (Å²) >= 11 is 0. The Kier molecular flexibility index (Phi) is 6.93. The molecule has 0 aliphatic rings. The standard InChI is InChI=1S/C22H18F3N3O4/c1-30-17-10-14(11-18(12-17)31-2)13-26-28-21(29)20-5-3-4-19(27-20)15-6-8-16(9-7-15)32-22(23,24)25/h3-13H,1-2H3,(H,28,29). The zero-order valence-electron chi connectivity index (χ0n) is 17.0. The number of carbonyl (C=O) groups is 1. The predicted octanol–water partition coefficient (Wildman–Crippen LogP) is 4.43. The average molecular weight is 445 g/mol. The van der Waals surface area contributed by atoms with Crippen molar-refractivity contribution < 1.29 is 32.2 Å². The number of nitrogens with one attached hydrogen (secondary N) is 1. The number of methoxy groups -OCH3 is 2. The fourth-order valence-electron chi connectivity index (χ4n) is 2.68. The third-order valence-corrected chi connectivity index (χ3v) is 4.12. The third-order valence-electron chi connectivity index (χ3n) is 4.12. The van der Waals surface area contributed by atoms with Gasteiger partial charge in [0.25, 0.3) is 5.91 Å². The van der Waals surface area contributed by atoms with E-state index in [4.69, 9.17) is 9.47 Å². The van der Waals surface area contributed by atoms with Crippen LogP contribution in [0.5, 0.6) is 17.2 Å². The van der Waals surface area contributed by atoms with Crippen molar-refractivity contribution in [1.82, 2.24) is 10.4 Å². The predicted molar refractivity (Wildman–Crippen MR) is 111 cm³/mol. The molecule has 0 unspecified atom stereocenters. The van der Waals surface area contributed by atoms with Crippen LogP contribution < -0.4 is 19.6 Å². The Morgan fingerprint density at radius 2 is 1.62 bits per heavy atom. The number of pyridine rings is 1. The molecular formula is C22H18F3N3O4. The van der Waals surface area contributed by atoms with Gasteiger partial charge in [-0.25, -0.2) is 10.4 Å². The number of hydrazone groups is 1. The lowest BCUT2D eigenvalue weighted by Crippen LogP contribution is -2.19. The number of rotatable bonds is 7. The van der Waals surface area contributed by atoms with E-state index >= 15 is 0 Å². The molecule has 32 heavy (non-hydrogen) atoms. The summed E-state index contributed by atoms with van der Waals surface area (Å²) in [6.45, 7) is 0. The van der Waals surface area contributed by atoms with E-state index in [9.17, 15) is 18.0 Å². The summed E-state index contributed by atoms with van der Waals surface area (Å²) in [7, 11) is 3.04. The highest BCUT2D eigenvalue weighted by atomic mass is 19.4. The summed E-state index contributed by atoms with van der Waals surface area (Å²) in [5.74, 6) is 0.227. The van der Waals surface area contributed by atoms with Gasteiger partial charge in [0.2, 0.25) is 0 Å². The molecule has 0 spiro atoms. The number of hydrogen-bond donors (Lipinski definition) is 1. The highest BCUT2D eigenvalue weighted by Crippen LogP contribution is 2.26. The first-order valence-electron chi connectivity index (χ1n) is 9.17. The largest absolute Gasteiger partial charge is 0.573 e. The van der Waals surface area contributed by atoms with Crippen LogP contribution in [0.15, 0.2) is 65.8 Å². The Hall–Kier alpha value is -4.08. The lowest BCUT2D eigenvalue weighted by Gasteiger charge is -2.09. The van der Waals surface area contributed by atoms with E-state index in [1.54, 1.807) is 30.3 Å². The SMILES string of the molecule is COc1cc(C=NNC(=O)c2cccc(-c3ccc(OC(F)(F)F)cc3)n2)cc(OC)c1. The molecule has 1 aromatic heterocycles. The van der Waals surface area contributed by atoms with Gasteiger partial charge in [0.05, 0.1) is 26.1 Å². The normalized spacial score (nSPS) is 11.3. The highest BCUT2D eigenvalue weighted by molar-refractivity contribution is 5.93. The molecule has 0 saturated heterocycles. The van der Waals surface area contributed by atoms with Gasteiger partial charge in [-0.15, -0.1) is 13.2 Å². The number of halogens is 3. The van der Waals surface area contributed by atoms with Crippen molar-refractivity contribution in [1.29, 1.82) is 0 Å². The molecule has 0 aliphatic carbocycles. The zero-order chi connectivity index (χ0) is 23.1. The van der Waals surface area contributed by atoms with Gasteiger partial charge in [0.1, 0.15) is 22.9 Å². The average Bonchev–Trinajstić information content (AvgIpc) is 2.78. The maximum absolute atomic E-state index is 12.4. The van der Waals surface area contributed by atoms with Crippen LogP contribution >= 0.6 is 0 Å². The number of carbonyl (C=O) groups excluding carboxylic acids is 1. The molecule has 166 valence electrons. The molecule has 0 radical (unpaired) electrons. The summed E-state index contributed by atoms with van der Waals surface area (Å²) in [5, 5.41) is 3.92. The fraction of sp³-hybridized carbons (Fsp3) is 0.136. The monoisotopic (exact) mass is 445 g/mol. The summed E-state index contributed by atoms with van der Waals surface area (Å²) in [5.41, 5.74) is 4.02. The maximum atomic E-state index is 12.4. The molecule has 1 heterocycles. The van der Waals surface area contributed by atoms with Crippen molar-refractivity contribution in [2.75, 3.05) is 14.2 Å². The van der Waals surface area contributed by atoms with Crippen molar-refractivity contribution >= 4 is 12.1 Å². The van der Waals surface area contributed by atoms with Gasteiger partial charge in [-0.2, -0.15) is 5.10 Å². The summed E-state index contributed by atoms with van der Waals surface area (Å²) in [6.07, 6.45) is -3.35. The fourth-order valence-corrected chi connectivity index (χ4v) is 2.68. The van der Waals surface area contributed by atoms with E-state index in [-0.39, 0.29) is 11.4 Å². The van der Waals surface area contributed by atoms with Gasteiger partial charge < -0.3 is 14.2 Å². The molecular weight excluding hydrogens is 427 g/mol. The number of hydrogen-bond acceptors (Lipinski definition) is 6. The molecule has 0 saturated carbocycles. The van der Waals surface area contributed by atoms with Crippen LogP contribution in [0.1, 0.15) is 16.1 Å². The molecule has 0 atom stereocenters. The number of nitrogens with zero attached hydrogens (tertiary/aromatic N) is 2. The summed E-state index contributed by atoms with van der Waals surface area (Å²) in [4.78, 5) is 16.6. The topological polar surface area (TPSA) is 82.0 Å². The van der Waals surface area contributed by atoms with Crippen LogP contribution in [-0.4, -0.2) is 37.7 Å². The second-order valence-corrected chi connectivity index (χ2v) is 6.33. The van der Waals surface area contributed by atoms with E-state index < -0.39 is 12.3 Å². The van der Waals surface area contributed by atoms with E-state index in [1.807, 2.05) is 0 Å². The molecule has 3 aromatic rings. The molecule has 0 bridgehead atoms. The molecule has 0 fully saturated rings. The van der Waals surface area contributed by atoms with Crippen LogP contribution in [-0.2, 0) is 0 Å². The van der Waals surface area contributed by atoms with E-state index in [2.05, 4.69) is 20.2 Å². The van der Waals surface area contributed by atoms with Crippen LogP contribution in [0.3, 0.4) is 0 Å². The van der Waals surface area contributed by atoms with Gasteiger partial charge in [-0.1, -0.05) is 6.07 Å². The maximum Gasteiger partial charge on any atom is 0.573 e. The molecule has 1 amide bonds.